The van der Waals surface area contributed by atoms with E-state index in [0.717, 1.165) is 12.8 Å². The second kappa shape index (κ2) is 8.91. The third-order valence-corrected chi connectivity index (χ3v) is 2.88. The van der Waals surface area contributed by atoms with Crippen molar-refractivity contribution in [2.24, 2.45) is 0 Å². The zero-order valence-electron chi connectivity index (χ0n) is 12.0. The molecular weight excluding hydrogens is 276 g/mol. The number of carboxylic acid groups (broad SMARTS) is 1. The number of nitro groups is 1. The maximum absolute atomic E-state index is 11.1. The van der Waals surface area contributed by atoms with Crippen molar-refractivity contribution in [2.75, 3.05) is 25.1 Å². The van der Waals surface area contributed by atoms with E-state index in [9.17, 15) is 14.9 Å². The highest BCUT2D eigenvalue weighted by Gasteiger charge is 2.20. The van der Waals surface area contributed by atoms with Crippen LogP contribution in [0.1, 0.15) is 36.5 Å². The van der Waals surface area contributed by atoms with Crippen molar-refractivity contribution in [1.29, 1.82) is 0 Å². The molecule has 0 aliphatic heterocycles. The van der Waals surface area contributed by atoms with Gasteiger partial charge in [-0.3, -0.25) is 10.1 Å². The zero-order chi connectivity index (χ0) is 15.7. The first kappa shape index (κ1) is 16.9. The Morgan fingerprint density at radius 2 is 2.10 bits per heavy atom. The highest BCUT2D eigenvalue weighted by molar-refractivity contribution is 5.96. The number of hydrogen-bond donors (Lipinski definition) is 2. The van der Waals surface area contributed by atoms with Gasteiger partial charge in [-0.05, 0) is 18.9 Å². The average molecular weight is 296 g/mol. The highest BCUT2D eigenvalue weighted by atomic mass is 16.6. The van der Waals surface area contributed by atoms with E-state index in [1.807, 2.05) is 0 Å². The fraction of sp³-hybridized carbons (Fsp3) is 0.500. The molecule has 0 amide bonds. The van der Waals surface area contributed by atoms with Crippen molar-refractivity contribution in [3.8, 4) is 0 Å². The van der Waals surface area contributed by atoms with Gasteiger partial charge in [-0.15, -0.1) is 0 Å². The molecule has 1 aromatic carbocycles. The van der Waals surface area contributed by atoms with E-state index < -0.39 is 10.9 Å². The molecule has 2 N–H and O–H groups in total. The molecule has 0 atom stereocenters. The predicted molar refractivity (Wildman–Crippen MR) is 78.9 cm³/mol. The largest absolute Gasteiger partial charge is 0.478 e. The number of unbranched alkanes of at least 4 members (excludes halogenated alkanes) is 1. The SMILES string of the molecule is CCCCOCCCNc1c(C(=O)O)cccc1[N+](=O)[O-]. The summed E-state index contributed by atoms with van der Waals surface area (Å²) in [4.78, 5) is 21.5. The summed E-state index contributed by atoms with van der Waals surface area (Å²) in [5.41, 5.74) is -0.290. The Bertz CT molecular complexity index is 458. The van der Waals surface area contributed by atoms with Gasteiger partial charge in [-0.2, -0.15) is 0 Å². The van der Waals surface area contributed by atoms with Crippen molar-refractivity contribution < 1.29 is 19.6 Å². The van der Waals surface area contributed by atoms with Crippen LogP contribution in [0.15, 0.2) is 18.2 Å². The molecule has 116 valence electrons. The lowest BCUT2D eigenvalue weighted by Gasteiger charge is -2.10. The van der Waals surface area contributed by atoms with Crippen LogP contribution in [-0.4, -0.2) is 35.8 Å². The molecule has 7 heteroatoms. The first-order chi connectivity index (χ1) is 10.1. The van der Waals surface area contributed by atoms with Crippen molar-refractivity contribution in [2.45, 2.75) is 26.2 Å². The topological polar surface area (TPSA) is 102 Å². The van der Waals surface area contributed by atoms with E-state index in [4.69, 9.17) is 9.84 Å². The zero-order valence-corrected chi connectivity index (χ0v) is 12.0. The fourth-order valence-corrected chi connectivity index (χ4v) is 1.79. The van der Waals surface area contributed by atoms with Crippen LogP contribution in [0.3, 0.4) is 0 Å². The third kappa shape index (κ3) is 5.39. The summed E-state index contributed by atoms with van der Waals surface area (Å²) in [7, 11) is 0. The van der Waals surface area contributed by atoms with Gasteiger partial charge in [-0.1, -0.05) is 19.4 Å². The van der Waals surface area contributed by atoms with Crippen LogP contribution >= 0.6 is 0 Å². The molecule has 0 heterocycles. The van der Waals surface area contributed by atoms with Crippen LogP contribution in [0.2, 0.25) is 0 Å². The molecule has 0 saturated carbocycles. The number of para-hydroxylation sites is 1. The minimum absolute atomic E-state index is 0.0450. The summed E-state index contributed by atoms with van der Waals surface area (Å²) in [5, 5.41) is 22.9. The number of nitrogens with one attached hydrogen (secondary N) is 1. The molecule has 0 aliphatic carbocycles. The quantitative estimate of drug-likeness (QED) is 0.391. The van der Waals surface area contributed by atoms with Crippen LogP contribution in [0.5, 0.6) is 0 Å². The van der Waals surface area contributed by atoms with Crippen molar-refractivity contribution in [1.82, 2.24) is 0 Å². The molecule has 1 aromatic rings. The van der Waals surface area contributed by atoms with Gasteiger partial charge in [0.25, 0.3) is 5.69 Å². The lowest BCUT2D eigenvalue weighted by molar-refractivity contribution is -0.384. The van der Waals surface area contributed by atoms with Gasteiger partial charge in [0, 0.05) is 25.8 Å². The number of nitro benzene ring substituents is 1. The number of carbonyl (C=O) groups is 1. The molecule has 0 bridgehead atoms. The second-order valence-corrected chi connectivity index (χ2v) is 4.51. The van der Waals surface area contributed by atoms with Crippen LogP contribution in [-0.2, 0) is 4.74 Å². The number of nitrogens with zero attached hydrogens (tertiary/aromatic N) is 1. The number of carboxylic acids is 1. The summed E-state index contributed by atoms with van der Waals surface area (Å²) >= 11 is 0. The average Bonchev–Trinajstić information content (AvgIpc) is 2.45. The molecule has 21 heavy (non-hydrogen) atoms. The molecule has 0 saturated heterocycles. The van der Waals surface area contributed by atoms with Gasteiger partial charge in [-0.25, -0.2) is 4.79 Å². The lowest BCUT2D eigenvalue weighted by Crippen LogP contribution is -2.11. The molecule has 0 aliphatic rings. The minimum atomic E-state index is -1.19. The van der Waals surface area contributed by atoms with Gasteiger partial charge >= 0.3 is 5.97 Å². The second-order valence-electron chi connectivity index (χ2n) is 4.51. The van der Waals surface area contributed by atoms with Crippen LogP contribution in [0.4, 0.5) is 11.4 Å². The predicted octanol–water partition coefficient (Wildman–Crippen LogP) is 2.91. The maximum Gasteiger partial charge on any atom is 0.338 e. The Morgan fingerprint density at radius 1 is 1.38 bits per heavy atom. The van der Waals surface area contributed by atoms with E-state index in [1.54, 1.807) is 0 Å². The molecule has 0 spiro atoms. The molecular formula is C14H20N2O5. The number of hydrogen-bond acceptors (Lipinski definition) is 5. The highest BCUT2D eigenvalue weighted by Crippen LogP contribution is 2.28. The number of anilines is 1. The Morgan fingerprint density at radius 3 is 2.71 bits per heavy atom. The fourth-order valence-electron chi connectivity index (χ4n) is 1.79. The summed E-state index contributed by atoms with van der Waals surface area (Å²) in [6, 6.07) is 3.99. The Labute approximate surface area is 123 Å². The number of aromatic carboxylic acids is 1. The summed E-state index contributed by atoms with van der Waals surface area (Å²) < 4.78 is 5.38. The number of ether oxygens (including phenoxy) is 1. The molecule has 0 unspecified atom stereocenters. The number of rotatable bonds is 10. The first-order valence-corrected chi connectivity index (χ1v) is 6.90. The number of benzene rings is 1. The lowest BCUT2D eigenvalue weighted by atomic mass is 10.1. The van der Waals surface area contributed by atoms with Gasteiger partial charge in [0.1, 0.15) is 5.69 Å². The monoisotopic (exact) mass is 296 g/mol. The van der Waals surface area contributed by atoms with Gasteiger partial charge in [0.05, 0.1) is 10.5 Å². The molecule has 7 nitrogen and oxygen atoms in total. The van der Waals surface area contributed by atoms with E-state index in [0.29, 0.717) is 26.2 Å². The van der Waals surface area contributed by atoms with Crippen LogP contribution < -0.4 is 5.32 Å². The van der Waals surface area contributed by atoms with Crippen molar-refractivity contribution in [3.63, 3.8) is 0 Å². The molecule has 0 fully saturated rings. The Balaban J connectivity index is 2.60. The summed E-state index contributed by atoms with van der Waals surface area (Å²) in [6.45, 7) is 3.72. The smallest absolute Gasteiger partial charge is 0.338 e. The molecule has 0 radical (unpaired) electrons. The maximum atomic E-state index is 11.1. The van der Waals surface area contributed by atoms with Gasteiger partial charge in [0.2, 0.25) is 0 Å². The normalized spacial score (nSPS) is 10.3. The van der Waals surface area contributed by atoms with E-state index in [-0.39, 0.29) is 16.9 Å². The van der Waals surface area contributed by atoms with Gasteiger partial charge < -0.3 is 15.2 Å². The summed E-state index contributed by atoms with van der Waals surface area (Å²) in [6.07, 6.45) is 2.71. The first-order valence-electron chi connectivity index (χ1n) is 6.90. The summed E-state index contributed by atoms with van der Waals surface area (Å²) in [5.74, 6) is -1.19. The molecule has 0 aromatic heterocycles. The van der Waals surface area contributed by atoms with Crippen LogP contribution in [0.25, 0.3) is 0 Å². The third-order valence-electron chi connectivity index (χ3n) is 2.88. The minimum Gasteiger partial charge on any atom is -0.478 e. The van der Waals surface area contributed by atoms with E-state index in [1.165, 1.54) is 18.2 Å². The van der Waals surface area contributed by atoms with Crippen LogP contribution in [0, 0.1) is 10.1 Å². The van der Waals surface area contributed by atoms with Crippen molar-refractivity contribution >= 4 is 17.3 Å². The van der Waals surface area contributed by atoms with E-state index >= 15 is 0 Å². The van der Waals surface area contributed by atoms with E-state index in [2.05, 4.69) is 12.2 Å². The van der Waals surface area contributed by atoms with Crippen molar-refractivity contribution in [3.05, 3.63) is 33.9 Å². The standard InChI is InChI=1S/C14H20N2O5/c1-2-3-9-21-10-5-8-15-13-11(14(17)18)6-4-7-12(13)16(19)20/h4,6-7,15H,2-3,5,8-10H2,1H3,(H,17,18). The Kier molecular flexibility index (Phi) is 7.17. The Hall–Kier alpha value is -2.15. The van der Waals surface area contributed by atoms with Gasteiger partial charge in [0.15, 0.2) is 0 Å². The molecule has 1 rings (SSSR count).